The van der Waals surface area contributed by atoms with Gasteiger partial charge in [-0.1, -0.05) is 0 Å². The third-order valence-electron chi connectivity index (χ3n) is 2.57. The average molecular weight is 229 g/mol. The van der Waals surface area contributed by atoms with E-state index in [-0.39, 0.29) is 6.61 Å². The molecular formula is C13H15N3O. The summed E-state index contributed by atoms with van der Waals surface area (Å²) in [7, 11) is 0. The predicted octanol–water partition coefficient (Wildman–Crippen LogP) is 1.96. The summed E-state index contributed by atoms with van der Waals surface area (Å²) in [5.41, 5.74) is 4.38. The van der Waals surface area contributed by atoms with Crippen LogP contribution in [0.3, 0.4) is 0 Å². The van der Waals surface area contributed by atoms with Crippen LogP contribution in [0.5, 0.6) is 0 Å². The van der Waals surface area contributed by atoms with Gasteiger partial charge in [-0.05, 0) is 38.5 Å². The van der Waals surface area contributed by atoms with Crippen molar-refractivity contribution >= 4 is 0 Å². The van der Waals surface area contributed by atoms with Crippen LogP contribution in [0.15, 0.2) is 18.3 Å². The maximum atomic E-state index is 9.20. The number of aliphatic hydroxyl groups is 1. The molecule has 0 aliphatic rings. The number of aliphatic hydroxyl groups excluding tert-OH is 1. The average Bonchev–Trinajstić information content (AvgIpc) is 2.28. The SMILES string of the molecule is Cc1cc(-c2ncc(C)c(CO)n2)cc(C)n1. The molecule has 0 aliphatic heterocycles. The van der Waals surface area contributed by atoms with Crippen molar-refractivity contribution in [1.29, 1.82) is 0 Å². The van der Waals surface area contributed by atoms with E-state index in [1.165, 1.54) is 0 Å². The highest BCUT2D eigenvalue weighted by atomic mass is 16.3. The standard InChI is InChI=1S/C13H15N3O/c1-8-6-14-13(16-12(8)7-17)11-4-9(2)15-10(3)5-11/h4-6,17H,7H2,1-3H3. The van der Waals surface area contributed by atoms with Gasteiger partial charge in [0.25, 0.3) is 0 Å². The van der Waals surface area contributed by atoms with Gasteiger partial charge in [0.05, 0.1) is 12.3 Å². The maximum absolute atomic E-state index is 9.20. The molecule has 2 aromatic rings. The van der Waals surface area contributed by atoms with Crippen molar-refractivity contribution in [2.45, 2.75) is 27.4 Å². The van der Waals surface area contributed by atoms with E-state index in [2.05, 4.69) is 15.0 Å². The van der Waals surface area contributed by atoms with E-state index in [4.69, 9.17) is 0 Å². The maximum Gasteiger partial charge on any atom is 0.159 e. The first-order chi connectivity index (χ1) is 8.10. The van der Waals surface area contributed by atoms with E-state index in [0.29, 0.717) is 11.5 Å². The zero-order chi connectivity index (χ0) is 12.4. The lowest BCUT2D eigenvalue weighted by Crippen LogP contribution is -1.99. The van der Waals surface area contributed by atoms with Crippen LogP contribution in [0.25, 0.3) is 11.4 Å². The van der Waals surface area contributed by atoms with Crippen LogP contribution >= 0.6 is 0 Å². The molecule has 4 heteroatoms. The molecule has 4 nitrogen and oxygen atoms in total. The Morgan fingerprint density at radius 2 is 1.71 bits per heavy atom. The highest BCUT2D eigenvalue weighted by molar-refractivity contribution is 5.56. The lowest BCUT2D eigenvalue weighted by molar-refractivity contribution is 0.276. The summed E-state index contributed by atoms with van der Waals surface area (Å²) in [6.45, 7) is 5.71. The van der Waals surface area contributed by atoms with Gasteiger partial charge in [0, 0.05) is 23.1 Å². The first kappa shape index (κ1) is 11.7. The molecule has 0 amide bonds. The van der Waals surface area contributed by atoms with E-state index in [1.54, 1.807) is 6.20 Å². The normalized spacial score (nSPS) is 10.6. The summed E-state index contributed by atoms with van der Waals surface area (Å²) in [6, 6.07) is 3.89. The van der Waals surface area contributed by atoms with Crippen molar-refractivity contribution in [2.75, 3.05) is 0 Å². The van der Waals surface area contributed by atoms with E-state index >= 15 is 0 Å². The van der Waals surface area contributed by atoms with Gasteiger partial charge in [0.15, 0.2) is 5.82 Å². The molecule has 88 valence electrons. The molecule has 2 rings (SSSR count). The fourth-order valence-corrected chi connectivity index (χ4v) is 1.74. The highest BCUT2D eigenvalue weighted by Crippen LogP contribution is 2.18. The molecule has 17 heavy (non-hydrogen) atoms. The summed E-state index contributed by atoms with van der Waals surface area (Å²) in [4.78, 5) is 13.0. The largest absolute Gasteiger partial charge is 0.390 e. The summed E-state index contributed by atoms with van der Waals surface area (Å²) in [6.07, 6.45) is 1.74. The summed E-state index contributed by atoms with van der Waals surface area (Å²) in [5.74, 6) is 0.633. The van der Waals surface area contributed by atoms with Gasteiger partial charge in [-0.25, -0.2) is 9.97 Å². The minimum Gasteiger partial charge on any atom is -0.390 e. The van der Waals surface area contributed by atoms with Gasteiger partial charge >= 0.3 is 0 Å². The third kappa shape index (κ3) is 2.47. The Balaban J connectivity index is 2.52. The minimum atomic E-state index is -0.0651. The quantitative estimate of drug-likeness (QED) is 0.855. The Morgan fingerprint density at radius 3 is 2.29 bits per heavy atom. The van der Waals surface area contributed by atoms with Crippen molar-refractivity contribution in [3.8, 4) is 11.4 Å². The van der Waals surface area contributed by atoms with Crippen molar-refractivity contribution in [2.24, 2.45) is 0 Å². The van der Waals surface area contributed by atoms with Crippen LogP contribution in [0, 0.1) is 20.8 Å². The second kappa shape index (κ2) is 4.59. The third-order valence-corrected chi connectivity index (χ3v) is 2.57. The molecule has 0 saturated heterocycles. The summed E-state index contributed by atoms with van der Waals surface area (Å²) < 4.78 is 0. The van der Waals surface area contributed by atoms with Gasteiger partial charge < -0.3 is 5.11 Å². The fraction of sp³-hybridized carbons (Fsp3) is 0.308. The number of hydrogen-bond acceptors (Lipinski definition) is 4. The number of hydrogen-bond donors (Lipinski definition) is 1. The Bertz CT molecular complexity index is 532. The zero-order valence-corrected chi connectivity index (χ0v) is 10.2. The van der Waals surface area contributed by atoms with E-state index < -0.39 is 0 Å². The first-order valence-corrected chi connectivity index (χ1v) is 5.49. The van der Waals surface area contributed by atoms with Crippen LogP contribution in [-0.2, 0) is 6.61 Å². The molecule has 0 spiro atoms. The lowest BCUT2D eigenvalue weighted by Gasteiger charge is -2.06. The topological polar surface area (TPSA) is 58.9 Å². The molecule has 0 aromatic carbocycles. The second-order valence-corrected chi connectivity index (χ2v) is 4.12. The van der Waals surface area contributed by atoms with Crippen LogP contribution in [0.1, 0.15) is 22.6 Å². The Labute approximate surface area is 100 Å². The molecule has 0 radical (unpaired) electrons. The van der Waals surface area contributed by atoms with Crippen LogP contribution in [0.4, 0.5) is 0 Å². The Hall–Kier alpha value is -1.81. The molecule has 0 saturated carbocycles. The molecular weight excluding hydrogens is 214 g/mol. The molecule has 0 atom stereocenters. The number of nitrogens with zero attached hydrogens (tertiary/aromatic N) is 3. The fourth-order valence-electron chi connectivity index (χ4n) is 1.74. The van der Waals surface area contributed by atoms with Crippen molar-refractivity contribution in [3.05, 3.63) is 41.0 Å². The van der Waals surface area contributed by atoms with Crippen LogP contribution in [0.2, 0.25) is 0 Å². The van der Waals surface area contributed by atoms with Gasteiger partial charge in [0.1, 0.15) is 0 Å². The molecule has 0 fully saturated rings. The minimum absolute atomic E-state index is 0.0651. The van der Waals surface area contributed by atoms with E-state index in [0.717, 1.165) is 22.5 Å². The van der Waals surface area contributed by atoms with E-state index in [1.807, 2.05) is 32.9 Å². The number of pyridine rings is 1. The lowest BCUT2D eigenvalue weighted by atomic mass is 10.1. The molecule has 1 N–H and O–H groups in total. The molecule has 0 aliphatic carbocycles. The zero-order valence-electron chi connectivity index (χ0n) is 10.2. The monoisotopic (exact) mass is 229 g/mol. The molecule has 2 aromatic heterocycles. The van der Waals surface area contributed by atoms with Gasteiger partial charge in [0.2, 0.25) is 0 Å². The van der Waals surface area contributed by atoms with Crippen LogP contribution < -0.4 is 0 Å². The second-order valence-electron chi connectivity index (χ2n) is 4.12. The van der Waals surface area contributed by atoms with Gasteiger partial charge in [-0.15, -0.1) is 0 Å². The summed E-state index contributed by atoms with van der Waals surface area (Å²) in [5, 5.41) is 9.20. The summed E-state index contributed by atoms with van der Waals surface area (Å²) >= 11 is 0. The Morgan fingerprint density at radius 1 is 1.06 bits per heavy atom. The van der Waals surface area contributed by atoms with Crippen LogP contribution in [-0.4, -0.2) is 20.1 Å². The van der Waals surface area contributed by atoms with Crippen molar-refractivity contribution in [1.82, 2.24) is 15.0 Å². The van der Waals surface area contributed by atoms with Crippen molar-refractivity contribution < 1.29 is 5.11 Å². The van der Waals surface area contributed by atoms with Crippen molar-refractivity contribution in [3.63, 3.8) is 0 Å². The number of aryl methyl sites for hydroxylation is 3. The highest BCUT2D eigenvalue weighted by Gasteiger charge is 2.06. The Kier molecular flexibility index (Phi) is 3.15. The van der Waals surface area contributed by atoms with Gasteiger partial charge in [-0.3, -0.25) is 4.98 Å². The smallest absolute Gasteiger partial charge is 0.159 e. The first-order valence-electron chi connectivity index (χ1n) is 5.49. The van der Waals surface area contributed by atoms with E-state index in [9.17, 15) is 5.11 Å². The number of aromatic nitrogens is 3. The molecule has 0 bridgehead atoms. The van der Waals surface area contributed by atoms with Gasteiger partial charge in [-0.2, -0.15) is 0 Å². The molecule has 0 unspecified atom stereocenters. The molecule has 2 heterocycles. The number of rotatable bonds is 2. The predicted molar refractivity (Wildman–Crippen MR) is 65.4 cm³/mol.